The van der Waals surface area contributed by atoms with Crippen LogP contribution in [-0.4, -0.2) is 10.5 Å². The highest BCUT2D eigenvalue weighted by atomic mass is 32.1. The summed E-state index contributed by atoms with van der Waals surface area (Å²) in [6.45, 7) is 6.30. The molecule has 60 valence electrons. The molecule has 0 unspecified atom stereocenters. The molecule has 0 aromatic carbocycles. The Morgan fingerprint density at radius 2 is 2.18 bits per heavy atom. The van der Waals surface area contributed by atoms with E-state index in [-0.39, 0.29) is 5.41 Å². The summed E-state index contributed by atoms with van der Waals surface area (Å²) in [4.78, 5) is 0. The molecule has 1 aromatic rings. The van der Waals surface area contributed by atoms with Crippen molar-refractivity contribution in [1.29, 1.82) is 0 Å². The molecule has 0 bridgehead atoms. The van der Waals surface area contributed by atoms with E-state index in [1.807, 2.05) is 0 Å². The molecular formula is C8H11NOS. The normalized spacial score (nSPS) is 11.5. The van der Waals surface area contributed by atoms with Crippen LogP contribution in [0.25, 0.3) is 0 Å². The molecule has 0 radical (unpaired) electrons. The first-order valence-corrected chi connectivity index (χ1v) is 3.93. The summed E-state index contributed by atoms with van der Waals surface area (Å²) in [7, 11) is 0. The standard InChI is InChI=1S/C8H11NOS/c1-8(2,3)6-4-10-9-7(6)5-11/h4-5H,1-3H3. The highest BCUT2D eigenvalue weighted by Crippen LogP contribution is 2.23. The smallest absolute Gasteiger partial charge is 0.128 e. The average molecular weight is 169 g/mol. The Morgan fingerprint density at radius 1 is 1.55 bits per heavy atom. The second kappa shape index (κ2) is 2.74. The number of hydrogen-bond donors (Lipinski definition) is 0. The molecule has 0 aliphatic rings. The van der Waals surface area contributed by atoms with E-state index >= 15 is 0 Å². The first kappa shape index (κ1) is 8.40. The number of thiocarbonyl (C=S) groups is 1. The van der Waals surface area contributed by atoms with E-state index in [9.17, 15) is 0 Å². The summed E-state index contributed by atoms with van der Waals surface area (Å²) < 4.78 is 4.82. The molecule has 0 atom stereocenters. The van der Waals surface area contributed by atoms with Gasteiger partial charge in [-0.25, -0.2) is 0 Å². The van der Waals surface area contributed by atoms with Crippen LogP contribution in [0.3, 0.4) is 0 Å². The first-order valence-electron chi connectivity index (χ1n) is 3.45. The van der Waals surface area contributed by atoms with Crippen LogP contribution in [-0.2, 0) is 5.41 Å². The molecular weight excluding hydrogens is 158 g/mol. The first-order chi connectivity index (χ1) is 5.05. The molecule has 0 aliphatic carbocycles. The van der Waals surface area contributed by atoms with Gasteiger partial charge < -0.3 is 4.52 Å². The molecule has 0 spiro atoms. The third-order valence-corrected chi connectivity index (χ3v) is 1.74. The largest absolute Gasteiger partial charge is 0.364 e. The predicted molar refractivity (Wildman–Crippen MR) is 48.0 cm³/mol. The molecule has 1 rings (SSSR count). The average Bonchev–Trinajstić information content (AvgIpc) is 2.31. The summed E-state index contributed by atoms with van der Waals surface area (Å²) in [5.74, 6) is 0. The van der Waals surface area contributed by atoms with Gasteiger partial charge in [-0.3, -0.25) is 0 Å². The van der Waals surface area contributed by atoms with Crippen molar-refractivity contribution in [3.63, 3.8) is 0 Å². The molecule has 0 aliphatic heterocycles. The molecule has 0 N–H and O–H groups in total. The molecule has 0 fully saturated rings. The predicted octanol–water partition coefficient (Wildman–Crippen LogP) is 2.32. The van der Waals surface area contributed by atoms with E-state index < -0.39 is 0 Å². The highest BCUT2D eigenvalue weighted by molar-refractivity contribution is 7.79. The van der Waals surface area contributed by atoms with Gasteiger partial charge in [-0.15, -0.1) is 0 Å². The summed E-state index contributed by atoms with van der Waals surface area (Å²) in [6, 6.07) is 0. The summed E-state index contributed by atoms with van der Waals surface area (Å²) in [5, 5.41) is 5.31. The van der Waals surface area contributed by atoms with Crippen molar-refractivity contribution in [3.8, 4) is 0 Å². The molecule has 0 saturated carbocycles. The number of aromatic nitrogens is 1. The van der Waals surface area contributed by atoms with Crippen molar-refractivity contribution in [3.05, 3.63) is 17.5 Å². The molecule has 0 amide bonds. The van der Waals surface area contributed by atoms with Crippen molar-refractivity contribution in [2.75, 3.05) is 0 Å². The van der Waals surface area contributed by atoms with Gasteiger partial charge in [0.15, 0.2) is 0 Å². The Labute approximate surface area is 71.6 Å². The zero-order chi connectivity index (χ0) is 8.48. The Hall–Kier alpha value is -0.700. The Kier molecular flexibility index (Phi) is 2.09. The molecule has 1 aromatic heterocycles. The highest BCUT2D eigenvalue weighted by Gasteiger charge is 2.19. The van der Waals surface area contributed by atoms with Gasteiger partial charge in [-0.05, 0) is 5.41 Å². The maximum absolute atomic E-state index is 4.82. The van der Waals surface area contributed by atoms with Gasteiger partial charge in [0.1, 0.15) is 12.0 Å². The second-order valence-electron chi connectivity index (χ2n) is 3.48. The third-order valence-electron chi connectivity index (χ3n) is 1.52. The van der Waals surface area contributed by atoms with Crippen LogP contribution in [0.15, 0.2) is 10.8 Å². The lowest BCUT2D eigenvalue weighted by Gasteiger charge is -2.15. The van der Waals surface area contributed by atoms with E-state index in [1.165, 1.54) is 0 Å². The van der Waals surface area contributed by atoms with E-state index in [2.05, 4.69) is 25.9 Å². The Bertz CT molecular complexity index is 259. The van der Waals surface area contributed by atoms with Gasteiger partial charge >= 0.3 is 0 Å². The minimum atomic E-state index is 0.0602. The zero-order valence-electron chi connectivity index (χ0n) is 6.92. The molecule has 3 heteroatoms. The lowest BCUT2D eigenvalue weighted by Crippen LogP contribution is -2.12. The van der Waals surface area contributed by atoms with Gasteiger partial charge in [-0.1, -0.05) is 38.1 Å². The molecule has 11 heavy (non-hydrogen) atoms. The fraction of sp³-hybridized carbons (Fsp3) is 0.500. The van der Waals surface area contributed by atoms with E-state index in [0.717, 1.165) is 11.3 Å². The van der Waals surface area contributed by atoms with Crippen molar-refractivity contribution >= 4 is 17.6 Å². The Balaban J connectivity index is 3.12. The van der Waals surface area contributed by atoms with E-state index in [0.29, 0.717) is 0 Å². The van der Waals surface area contributed by atoms with Crippen LogP contribution in [0.1, 0.15) is 32.0 Å². The van der Waals surface area contributed by atoms with Crippen LogP contribution >= 0.6 is 12.2 Å². The minimum absolute atomic E-state index is 0.0602. The SMILES string of the molecule is CC(C)(C)c1conc1C=S. The monoisotopic (exact) mass is 169 g/mol. The van der Waals surface area contributed by atoms with Crippen LogP contribution in [0, 0.1) is 0 Å². The molecule has 0 saturated heterocycles. The van der Waals surface area contributed by atoms with Gasteiger partial charge in [0.2, 0.25) is 0 Å². The zero-order valence-corrected chi connectivity index (χ0v) is 7.73. The summed E-state index contributed by atoms with van der Waals surface area (Å²) >= 11 is 4.78. The van der Waals surface area contributed by atoms with E-state index in [1.54, 1.807) is 11.6 Å². The number of nitrogens with zero attached hydrogens (tertiary/aromatic N) is 1. The van der Waals surface area contributed by atoms with Gasteiger partial charge in [0.25, 0.3) is 0 Å². The van der Waals surface area contributed by atoms with Crippen LogP contribution < -0.4 is 0 Å². The van der Waals surface area contributed by atoms with Crippen molar-refractivity contribution in [1.82, 2.24) is 5.16 Å². The fourth-order valence-corrected chi connectivity index (χ4v) is 1.06. The Morgan fingerprint density at radius 3 is 2.55 bits per heavy atom. The lowest BCUT2D eigenvalue weighted by atomic mass is 9.88. The third kappa shape index (κ3) is 1.66. The maximum Gasteiger partial charge on any atom is 0.128 e. The van der Waals surface area contributed by atoms with Crippen LogP contribution in [0.5, 0.6) is 0 Å². The van der Waals surface area contributed by atoms with Crippen molar-refractivity contribution in [2.24, 2.45) is 0 Å². The van der Waals surface area contributed by atoms with Gasteiger partial charge in [0, 0.05) is 10.9 Å². The molecule has 2 nitrogen and oxygen atoms in total. The lowest BCUT2D eigenvalue weighted by molar-refractivity contribution is 0.415. The summed E-state index contributed by atoms with van der Waals surface area (Å²) in [5.41, 5.74) is 1.89. The summed E-state index contributed by atoms with van der Waals surface area (Å²) in [6.07, 6.45) is 1.65. The van der Waals surface area contributed by atoms with Crippen molar-refractivity contribution < 1.29 is 4.52 Å². The van der Waals surface area contributed by atoms with E-state index in [4.69, 9.17) is 16.7 Å². The fourth-order valence-electron chi connectivity index (χ4n) is 0.891. The maximum atomic E-state index is 4.82. The van der Waals surface area contributed by atoms with Crippen molar-refractivity contribution in [2.45, 2.75) is 26.2 Å². The van der Waals surface area contributed by atoms with Crippen LogP contribution in [0.4, 0.5) is 0 Å². The quantitative estimate of drug-likeness (QED) is 0.603. The van der Waals surface area contributed by atoms with Gasteiger partial charge in [-0.2, -0.15) is 0 Å². The number of hydrogen-bond acceptors (Lipinski definition) is 3. The topological polar surface area (TPSA) is 26.0 Å². The molecule has 1 heterocycles. The number of rotatable bonds is 1. The second-order valence-corrected chi connectivity index (χ2v) is 3.72. The minimum Gasteiger partial charge on any atom is -0.364 e. The van der Waals surface area contributed by atoms with Gasteiger partial charge in [0.05, 0.1) is 0 Å². The van der Waals surface area contributed by atoms with Crippen LogP contribution in [0.2, 0.25) is 0 Å².